The lowest BCUT2D eigenvalue weighted by Gasteiger charge is -2.02. The summed E-state index contributed by atoms with van der Waals surface area (Å²) in [6.45, 7) is 2.88. The van der Waals surface area contributed by atoms with Crippen molar-refractivity contribution in [2.45, 2.75) is 19.9 Å². The maximum atomic E-state index is 5.77. The van der Waals surface area contributed by atoms with Crippen LogP contribution >= 0.6 is 23.2 Å². The minimum absolute atomic E-state index is 0.0228. The fraction of sp³-hybridized carbons (Fsp3) is 0.333. The van der Waals surface area contributed by atoms with Gasteiger partial charge in [0.05, 0.1) is 12.4 Å². The Balaban J connectivity index is 2.16. The van der Waals surface area contributed by atoms with Crippen LogP contribution in [0.5, 0.6) is 11.6 Å². The molecule has 0 aromatic carbocycles. The molecule has 90 valence electrons. The molecule has 0 radical (unpaired) electrons. The molecule has 2 aromatic heterocycles. The third-order valence-electron chi connectivity index (χ3n) is 1.87. The molecule has 2 aromatic rings. The van der Waals surface area contributed by atoms with Gasteiger partial charge in [-0.15, -0.1) is 10.2 Å². The minimum Gasteiger partial charge on any atom is -0.433 e. The van der Waals surface area contributed by atoms with Gasteiger partial charge in [0.25, 0.3) is 5.88 Å². The number of rotatable bonds is 4. The van der Waals surface area contributed by atoms with Crippen LogP contribution in [0, 0.1) is 0 Å². The highest BCUT2D eigenvalue weighted by Gasteiger charge is 2.09. The molecule has 0 N–H and O–H groups in total. The number of halogens is 2. The second-order valence-corrected chi connectivity index (χ2v) is 3.91. The summed E-state index contributed by atoms with van der Waals surface area (Å²) in [7, 11) is 0. The normalized spacial score (nSPS) is 10.5. The second-order valence-electron chi connectivity index (χ2n) is 3.22. The van der Waals surface area contributed by atoms with Crippen LogP contribution in [-0.2, 0) is 6.54 Å². The predicted octanol–water partition coefficient (Wildman–Crippen LogP) is 2.58. The van der Waals surface area contributed by atoms with E-state index >= 15 is 0 Å². The largest absolute Gasteiger partial charge is 0.433 e. The van der Waals surface area contributed by atoms with Crippen molar-refractivity contribution in [3.63, 3.8) is 0 Å². The maximum Gasteiger partial charge on any atom is 0.262 e. The molecule has 2 heterocycles. The van der Waals surface area contributed by atoms with E-state index in [0.29, 0.717) is 5.75 Å². The summed E-state index contributed by atoms with van der Waals surface area (Å²) >= 11 is 11.4. The lowest BCUT2D eigenvalue weighted by atomic mass is 10.5. The Labute approximate surface area is 108 Å². The first-order chi connectivity index (χ1) is 8.19. The van der Waals surface area contributed by atoms with Crippen LogP contribution in [0.15, 0.2) is 12.4 Å². The van der Waals surface area contributed by atoms with Gasteiger partial charge in [0, 0.05) is 6.54 Å². The van der Waals surface area contributed by atoms with E-state index in [1.807, 2.05) is 0 Å². The van der Waals surface area contributed by atoms with E-state index in [0.717, 1.165) is 13.0 Å². The van der Waals surface area contributed by atoms with Crippen molar-refractivity contribution in [3.05, 3.63) is 22.8 Å². The third-order valence-corrected chi connectivity index (χ3v) is 2.26. The van der Waals surface area contributed by atoms with E-state index in [2.05, 4.69) is 27.2 Å². The molecule has 0 saturated heterocycles. The highest BCUT2D eigenvalue weighted by atomic mass is 35.5. The molecule has 8 heteroatoms. The summed E-state index contributed by atoms with van der Waals surface area (Å²) < 4.78 is 7.17. The van der Waals surface area contributed by atoms with Gasteiger partial charge in [-0.25, -0.2) is 0 Å². The topological polar surface area (TPSA) is 65.7 Å². The van der Waals surface area contributed by atoms with E-state index in [-0.39, 0.29) is 16.3 Å². The van der Waals surface area contributed by atoms with Crippen LogP contribution in [0.4, 0.5) is 0 Å². The van der Waals surface area contributed by atoms with Gasteiger partial charge in [-0.05, 0) is 18.0 Å². The SMILES string of the molecule is CCCn1cc(Oc2nc(Cl)nnc2Cl)cn1. The molecule has 0 aliphatic heterocycles. The molecule has 17 heavy (non-hydrogen) atoms. The lowest BCUT2D eigenvalue weighted by Crippen LogP contribution is -1.96. The smallest absolute Gasteiger partial charge is 0.262 e. The van der Waals surface area contributed by atoms with Crippen molar-refractivity contribution in [1.82, 2.24) is 25.0 Å². The van der Waals surface area contributed by atoms with Crippen molar-refractivity contribution in [3.8, 4) is 11.6 Å². The van der Waals surface area contributed by atoms with Gasteiger partial charge >= 0.3 is 0 Å². The van der Waals surface area contributed by atoms with Crippen LogP contribution in [0.3, 0.4) is 0 Å². The summed E-state index contributed by atoms with van der Waals surface area (Å²) in [6.07, 6.45) is 4.31. The van der Waals surface area contributed by atoms with Crippen molar-refractivity contribution >= 4 is 23.2 Å². The molecule has 0 aliphatic carbocycles. The van der Waals surface area contributed by atoms with Gasteiger partial charge < -0.3 is 4.74 Å². The van der Waals surface area contributed by atoms with Crippen LogP contribution in [0.2, 0.25) is 10.4 Å². The molecule has 0 aliphatic rings. The Kier molecular flexibility index (Phi) is 3.75. The zero-order valence-corrected chi connectivity index (χ0v) is 10.5. The molecule has 6 nitrogen and oxygen atoms in total. The monoisotopic (exact) mass is 273 g/mol. The van der Waals surface area contributed by atoms with E-state index in [4.69, 9.17) is 27.9 Å². The number of nitrogens with zero attached hydrogens (tertiary/aromatic N) is 5. The lowest BCUT2D eigenvalue weighted by molar-refractivity contribution is 0.456. The van der Waals surface area contributed by atoms with Crippen molar-refractivity contribution < 1.29 is 4.74 Å². The van der Waals surface area contributed by atoms with Gasteiger partial charge in [0.15, 0.2) is 5.75 Å². The zero-order valence-electron chi connectivity index (χ0n) is 8.97. The Morgan fingerprint density at radius 1 is 1.35 bits per heavy atom. The molecule has 0 bridgehead atoms. The maximum absolute atomic E-state index is 5.77. The third kappa shape index (κ3) is 3.04. The van der Waals surface area contributed by atoms with Gasteiger partial charge in [0.1, 0.15) is 0 Å². The number of ether oxygens (including phenoxy) is 1. The number of aryl methyl sites for hydroxylation is 1. The molecule has 0 unspecified atom stereocenters. The summed E-state index contributed by atoms with van der Waals surface area (Å²) in [4.78, 5) is 3.82. The van der Waals surface area contributed by atoms with E-state index in [9.17, 15) is 0 Å². The van der Waals surface area contributed by atoms with Crippen LogP contribution in [0.1, 0.15) is 13.3 Å². The van der Waals surface area contributed by atoms with Crippen LogP contribution in [-0.4, -0.2) is 25.0 Å². The van der Waals surface area contributed by atoms with Gasteiger partial charge in [0.2, 0.25) is 10.4 Å². The first-order valence-electron chi connectivity index (χ1n) is 4.95. The van der Waals surface area contributed by atoms with Crippen molar-refractivity contribution in [2.75, 3.05) is 0 Å². The molecular weight excluding hydrogens is 265 g/mol. The standard InChI is InChI=1S/C9H9Cl2N5O/c1-2-3-16-5-6(4-12-16)17-8-7(10)14-15-9(11)13-8/h4-5H,2-3H2,1H3. The molecule has 0 atom stereocenters. The van der Waals surface area contributed by atoms with E-state index in [1.165, 1.54) is 0 Å². The molecule has 0 saturated carbocycles. The highest BCUT2D eigenvalue weighted by Crippen LogP contribution is 2.25. The predicted molar refractivity (Wildman–Crippen MR) is 62.4 cm³/mol. The molecule has 0 fully saturated rings. The Morgan fingerprint density at radius 2 is 2.18 bits per heavy atom. The Hall–Kier alpha value is -1.40. The van der Waals surface area contributed by atoms with Crippen LogP contribution in [0.25, 0.3) is 0 Å². The number of hydrogen-bond donors (Lipinski definition) is 0. The Bertz CT molecular complexity index is 516. The molecular formula is C9H9Cl2N5O. The number of aromatic nitrogens is 5. The van der Waals surface area contributed by atoms with E-state index in [1.54, 1.807) is 17.1 Å². The molecule has 0 amide bonds. The summed E-state index contributed by atoms with van der Waals surface area (Å²) in [5, 5.41) is 11.2. The van der Waals surface area contributed by atoms with Crippen molar-refractivity contribution in [2.24, 2.45) is 0 Å². The number of hydrogen-bond acceptors (Lipinski definition) is 5. The molecule has 0 spiro atoms. The fourth-order valence-electron chi connectivity index (χ4n) is 1.21. The fourth-order valence-corrected chi connectivity index (χ4v) is 1.44. The average Bonchev–Trinajstić information content (AvgIpc) is 2.72. The van der Waals surface area contributed by atoms with Gasteiger partial charge in [-0.2, -0.15) is 10.1 Å². The highest BCUT2D eigenvalue weighted by molar-refractivity contribution is 6.31. The van der Waals surface area contributed by atoms with Crippen molar-refractivity contribution in [1.29, 1.82) is 0 Å². The first-order valence-corrected chi connectivity index (χ1v) is 5.70. The van der Waals surface area contributed by atoms with Crippen LogP contribution < -0.4 is 4.74 Å². The summed E-state index contributed by atoms with van der Waals surface area (Å²) in [5.41, 5.74) is 0. The average molecular weight is 274 g/mol. The molecule has 2 rings (SSSR count). The first kappa shape index (κ1) is 12.1. The summed E-state index contributed by atoms with van der Waals surface area (Å²) in [6, 6.07) is 0. The second kappa shape index (κ2) is 5.29. The van der Waals surface area contributed by atoms with Gasteiger partial charge in [-0.3, -0.25) is 4.68 Å². The minimum atomic E-state index is -0.0228. The Morgan fingerprint density at radius 3 is 2.94 bits per heavy atom. The zero-order chi connectivity index (χ0) is 12.3. The van der Waals surface area contributed by atoms with Gasteiger partial charge in [-0.1, -0.05) is 18.5 Å². The summed E-state index contributed by atoms with van der Waals surface area (Å²) in [5.74, 6) is 0.639. The van der Waals surface area contributed by atoms with E-state index < -0.39 is 0 Å². The quantitative estimate of drug-likeness (QED) is 0.857.